The summed E-state index contributed by atoms with van der Waals surface area (Å²) in [5, 5.41) is 13.3. The lowest BCUT2D eigenvalue weighted by atomic mass is 10.1. The molecule has 0 aliphatic heterocycles. The SMILES string of the molecule is OC1CCCCCC1NCc1ncccn1. The lowest BCUT2D eigenvalue weighted by Crippen LogP contribution is -2.38. The van der Waals surface area contributed by atoms with Crippen molar-refractivity contribution in [1.29, 1.82) is 0 Å². The largest absolute Gasteiger partial charge is 0.392 e. The highest BCUT2D eigenvalue weighted by atomic mass is 16.3. The van der Waals surface area contributed by atoms with E-state index in [4.69, 9.17) is 0 Å². The number of aliphatic hydroxyl groups excluding tert-OH is 1. The van der Waals surface area contributed by atoms with Crippen LogP contribution in [0.4, 0.5) is 0 Å². The minimum absolute atomic E-state index is 0.200. The van der Waals surface area contributed by atoms with Crippen LogP contribution in [-0.4, -0.2) is 27.2 Å². The van der Waals surface area contributed by atoms with E-state index in [9.17, 15) is 5.11 Å². The van der Waals surface area contributed by atoms with E-state index in [0.29, 0.717) is 6.54 Å². The molecular formula is C12H19N3O. The molecule has 0 radical (unpaired) electrons. The molecule has 2 N–H and O–H groups in total. The van der Waals surface area contributed by atoms with Crippen molar-refractivity contribution in [2.24, 2.45) is 0 Å². The van der Waals surface area contributed by atoms with E-state index < -0.39 is 0 Å². The molecule has 0 amide bonds. The third-order valence-electron chi connectivity index (χ3n) is 3.12. The van der Waals surface area contributed by atoms with Gasteiger partial charge < -0.3 is 10.4 Å². The first kappa shape index (κ1) is 11.5. The van der Waals surface area contributed by atoms with Gasteiger partial charge in [-0.25, -0.2) is 9.97 Å². The molecule has 1 saturated carbocycles. The van der Waals surface area contributed by atoms with Crippen LogP contribution in [0.5, 0.6) is 0 Å². The van der Waals surface area contributed by atoms with E-state index in [2.05, 4.69) is 15.3 Å². The van der Waals surface area contributed by atoms with E-state index in [0.717, 1.165) is 25.1 Å². The first-order valence-corrected chi connectivity index (χ1v) is 6.03. The highest BCUT2D eigenvalue weighted by molar-refractivity contribution is 4.89. The molecular weight excluding hydrogens is 202 g/mol. The second-order valence-electron chi connectivity index (χ2n) is 4.36. The normalized spacial score (nSPS) is 26.3. The van der Waals surface area contributed by atoms with Gasteiger partial charge in [0.2, 0.25) is 0 Å². The van der Waals surface area contributed by atoms with Crippen LogP contribution in [0.3, 0.4) is 0 Å². The molecule has 1 heterocycles. The van der Waals surface area contributed by atoms with Gasteiger partial charge in [0.25, 0.3) is 0 Å². The molecule has 2 unspecified atom stereocenters. The third-order valence-corrected chi connectivity index (χ3v) is 3.12. The van der Waals surface area contributed by atoms with Gasteiger partial charge in [0.05, 0.1) is 12.6 Å². The van der Waals surface area contributed by atoms with Crippen molar-refractivity contribution in [3.8, 4) is 0 Å². The Balaban J connectivity index is 1.84. The molecule has 88 valence electrons. The van der Waals surface area contributed by atoms with Crippen molar-refractivity contribution in [1.82, 2.24) is 15.3 Å². The highest BCUT2D eigenvalue weighted by Crippen LogP contribution is 2.18. The van der Waals surface area contributed by atoms with E-state index >= 15 is 0 Å². The Labute approximate surface area is 96.1 Å². The number of aromatic nitrogens is 2. The number of nitrogens with one attached hydrogen (secondary N) is 1. The van der Waals surface area contributed by atoms with E-state index in [-0.39, 0.29) is 12.1 Å². The summed E-state index contributed by atoms with van der Waals surface area (Å²) in [6, 6.07) is 2.01. The summed E-state index contributed by atoms with van der Waals surface area (Å²) < 4.78 is 0. The van der Waals surface area contributed by atoms with Crippen LogP contribution in [-0.2, 0) is 6.54 Å². The summed E-state index contributed by atoms with van der Waals surface area (Å²) in [7, 11) is 0. The molecule has 1 aliphatic carbocycles. The molecule has 1 aliphatic rings. The number of rotatable bonds is 3. The lowest BCUT2D eigenvalue weighted by molar-refractivity contribution is 0.119. The summed E-state index contributed by atoms with van der Waals surface area (Å²) in [5.74, 6) is 0.791. The van der Waals surface area contributed by atoms with Gasteiger partial charge in [-0.05, 0) is 18.9 Å². The molecule has 0 aromatic carbocycles. The number of hydrogen-bond donors (Lipinski definition) is 2. The summed E-state index contributed by atoms with van der Waals surface area (Å²) in [4.78, 5) is 8.31. The predicted octanol–water partition coefficient (Wildman–Crippen LogP) is 1.26. The van der Waals surface area contributed by atoms with Crippen LogP contribution < -0.4 is 5.32 Å². The van der Waals surface area contributed by atoms with E-state index in [1.54, 1.807) is 12.4 Å². The maximum atomic E-state index is 9.92. The van der Waals surface area contributed by atoms with Crippen molar-refractivity contribution in [2.45, 2.75) is 50.8 Å². The van der Waals surface area contributed by atoms with Gasteiger partial charge in [-0.1, -0.05) is 19.3 Å². The van der Waals surface area contributed by atoms with Crippen LogP contribution in [0.25, 0.3) is 0 Å². The molecule has 1 aromatic rings. The van der Waals surface area contributed by atoms with E-state index in [1.165, 1.54) is 12.8 Å². The molecule has 4 heteroatoms. The Hall–Kier alpha value is -1.00. The van der Waals surface area contributed by atoms with Crippen molar-refractivity contribution >= 4 is 0 Å². The smallest absolute Gasteiger partial charge is 0.141 e. The van der Waals surface area contributed by atoms with Gasteiger partial charge in [-0.3, -0.25) is 0 Å². The van der Waals surface area contributed by atoms with Gasteiger partial charge in [0.15, 0.2) is 0 Å². The fourth-order valence-corrected chi connectivity index (χ4v) is 2.17. The second kappa shape index (κ2) is 5.92. The summed E-state index contributed by atoms with van der Waals surface area (Å²) in [6.07, 6.45) is 8.80. The Morgan fingerprint density at radius 1 is 1.19 bits per heavy atom. The summed E-state index contributed by atoms with van der Waals surface area (Å²) >= 11 is 0. The highest BCUT2D eigenvalue weighted by Gasteiger charge is 2.20. The first-order chi connectivity index (χ1) is 7.86. The topological polar surface area (TPSA) is 58.0 Å². The molecule has 4 nitrogen and oxygen atoms in total. The molecule has 1 aromatic heterocycles. The zero-order chi connectivity index (χ0) is 11.2. The zero-order valence-electron chi connectivity index (χ0n) is 9.47. The van der Waals surface area contributed by atoms with Crippen molar-refractivity contribution in [3.05, 3.63) is 24.3 Å². The van der Waals surface area contributed by atoms with Crippen LogP contribution in [0.1, 0.15) is 37.9 Å². The molecule has 16 heavy (non-hydrogen) atoms. The van der Waals surface area contributed by atoms with E-state index in [1.807, 2.05) is 6.07 Å². The molecule has 0 spiro atoms. The van der Waals surface area contributed by atoms with Crippen LogP contribution in [0.15, 0.2) is 18.5 Å². The Bertz CT molecular complexity index is 304. The predicted molar refractivity (Wildman–Crippen MR) is 61.8 cm³/mol. The second-order valence-corrected chi connectivity index (χ2v) is 4.36. The molecule has 0 saturated heterocycles. The van der Waals surface area contributed by atoms with Crippen LogP contribution >= 0.6 is 0 Å². The minimum Gasteiger partial charge on any atom is -0.392 e. The lowest BCUT2D eigenvalue weighted by Gasteiger charge is -2.21. The average molecular weight is 221 g/mol. The molecule has 1 fully saturated rings. The Kier molecular flexibility index (Phi) is 4.25. The van der Waals surface area contributed by atoms with Gasteiger partial charge in [-0.15, -0.1) is 0 Å². The summed E-state index contributed by atoms with van der Waals surface area (Å²) in [5.41, 5.74) is 0. The fraction of sp³-hybridized carbons (Fsp3) is 0.667. The van der Waals surface area contributed by atoms with Gasteiger partial charge in [-0.2, -0.15) is 0 Å². The van der Waals surface area contributed by atoms with Crippen molar-refractivity contribution < 1.29 is 5.11 Å². The molecule has 2 rings (SSSR count). The van der Waals surface area contributed by atoms with Crippen molar-refractivity contribution in [2.75, 3.05) is 0 Å². The Morgan fingerprint density at radius 2 is 1.94 bits per heavy atom. The van der Waals surface area contributed by atoms with Gasteiger partial charge >= 0.3 is 0 Å². The number of nitrogens with zero attached hydrogens (tertiary/aromatic N) is 2. The maximum absolute atomic E-state index is 9.92. The number of hydrogen-bond acceptors (Lipinski definition) is 4. The zero-order valence-corrected chi connectivity index (χ0v) is 9.47. The third kappa shape index (κ3) is 3.25. The van der Waals surface area contributed by atoms with Crippen LogP contribution in [0, 0.1) is 0 Å². The quantitative estimate of drug-likeness (QED) is 0.754. The average Bonchev–Trinajstić information content (AvgIpc) is 2.53. The fourth-order valence-electron chi connectivity index (χ4n) is 2.17. The molecule has 2 atom stereocenters. The van der Waals surface area contributed by atoms with Crippen LogP contribution in [0.2, 0.25) is 0 Å². The maximum Gasteiger partial charge on any atom is 0.141 e. The summed E-state index contributed by atoms with van der Waals surface area (Å²) in [6.45, 7) is 0.641. The molecule has 0 bridgehead atoms. The monoisotopic (exact) mass is 221 g/mol. The minimum atomic E-state index is -0.216. The van der Waals surface area contributed by atoms with Crippen molar-refractivity contribution in [3.63, 3.8) is 0 Å². The standard InChI is InChI=1S/C12H19N3O/c16-11-6-3-1-2-5-10(11)15-9-12-13-7-4-8-14-12/h4,7-8,10-11,15-16H,1-3,5-6,9H2. The van der Waals surface area contributed by atoms with Gasteiger partial charge in [0.1, 0.15) is 5.82 Å². The Morgan fingerprint density at radius 3 is 2.75 bits per heavy atom. The number of aliphatic hydroxyl groups is 1. The van der Waals surface area contributed by atoms with Gasteiger partial charge in [0, 0.05) is 18.4 Å². The first-order valence-electron chi connectivity index (χ1n) is 6.03.